The van der Waals surface area contributed by atoms with Crippen molar-refractivity contribution in [3.63, 3.8) is 0 Å². The van der Waals surface area contributed by atoms with Crippen LogP contribution in [0.3, 0.4) is 0 Å². The van der Waals surface area contributed by atoms with Crippen molar-refractivity contribution in [1.29, 1.82) is 0 Å². The van der Waals surface area contributed by atoms with Gasteiger partial charge in [0.25, 0.3) is 5.91 Å². The smallest absolute Gasteiger partial charge is 0.287 e. The number of benzene rings is 1. The number of carbonyl (C=O) groups is 1. The van der Waals surface area contributed by atoms with Crippen LogP contribution < -0.4 is 5.32 Å². The predicted molar refractivity (Wildman–Crippen MR) is 87.6 cm³/mol. The number of fused-ring (bicyclic) bond motifs is 1. The van der Waals surface area contributed by atoms with Crippen LogP contribution in [0, 0.1) is 6.92 Å². The van der Waals surface area contributed by atoms with Crippen molar-refractivity contribution in [2.45, 2.75) is 32.9 Å². The summed E-state index contributed by atoms with van der Waals surface area (Å²) in [4.78, 5) is 16.4. The van der Waals surface area contributed by atoms with Gasteiger partial charge in [-0.15, -0.1) is 0 Å². The van der Waals surface area contributed by atoms with E-state index in [1.807, 2.05) is 20.8 Å². The molecule has 7 heteroatoms. The molecule has 1 N–H and O–H groups in total. The van der Waals surface area contributed by atoms with Gasteiger partial charge in [0, 0.05) is 22.0 Å². The first kappa shape index (κ1) is 15.6. The van der Waals surface area contributed by atoms with E-state index in [1.54, 1.807) is 29.2 Å². The molecule has 1 amide bonds. The van der Waals surface area contributed by atoms with E-state index < -0.39 is 0 Å². The number of furan rings is 1. The fourth-order valence-electron chi connectivity index (χ4n) is 2.46. The molecule has 2 aromatic heterocycles. The molecule has 23 heavy (non-hydrogen) atoms. The predicted octanol–water partition coefficient (Wildman–Crippen LogP) is 3.37. The molecule has 120 valence electrons. The summed E-state index contributed by atoms with van der Waals surface area (Å²) in [6, 6.07) is 5.14. The van der Waals surface area contributed by atoms with Gasteiger partial charge in [0.1, 0.15) is 18.2 Å². The number of hydrogen-bond donors (Lipinski definition) is 1. The van der Waals surface area contributed by atoms with E-state index in [9.17, 15) is 4.79 Å². The molecule has 0 fully saturated rings. The van der Waals surface area contributed by atoms with Gasteiger partial charge in [0.2, 0.25) is 0 Å². The molecule has 3 rings (SSSR count). The largest absolute Gasteiger partial charge is 0.451 e. The fraction of sp³-hybridized carbons (Fsp3) is 0.312. The lowest BCUT2D eigenvalue weighted by Gasteiger charge is -2.20. The number of nitrogens with zero attached hydrogens (tertiary/aromatic N) is 3. The summed E-state index contributed by atoms with van der Waals surface area (Å²) in [5.41, 5.74) is 1.43. The zero-order valence-corrected chi connectivity index (χ0v) is 13.8. The Hall–Kier alpha value is -2.34. The first-order valence-corrected chi connectivity index (χ1v) is 7.69. The third-order valence-corrected chi connectivity index (χ3v) is 4.28. The Morgan fingerprint density at radius 1 is 1.39 bits per heavy atom. The third-order valence-electron chi connectivity index (χ3n) is 4.04. The zero-order valence-electron chi connectivity index (χ0n) is 13.1. The molecule has 1 aromatic carbocycles. The van der Waals surface area contributed by atoms with Crippen LogP contribution in [0.25, 0.3) is 11.0 Å². The number of rotatable bonds is 4. The van der Waals surface area contributed by atoms with Crippen molar-refractivity contribution >= 4 is 28.5 Å². The van der Waals surface area contributed by atoms with E-state index in [0.717, 1.165) is 10.9 Å². The fourth-order valence-corrected chi connectivity index (χ4v) is 2.63. The van der Waals surface area contributed by atoms with Crippen LogP contribution in [-0.2, 0) is 0 Å². The summed E-state index contributed by atoms with van der Waals surface area (Å²) in [6.07, 6.45) is 3.10. The topological polar surface area (TPSA) is 73.0 Å². The molecule has 3 aromatic rings. The minimum atomic E-state index is -0.255. The van der Waals surface area contributed by atoms with Crippen LogP contribution in [0.15, 0.2) is 35.3 Å². The molecule has 6 nitrogen and oxygen atoms in total. The van der Waals surface area contributed by atoms with Gasteiger partial charge in [-0.2, -0.15) is 5.10 Å². The van der Waals surface area contributed by atoms with Crippen LogP contribution in [0.4, 0.5) is 0 Å². The van der Waals surface area contributed by atoms with Crippen molar-refractivity contribution in [2.24, 2.45) is 0 Å². The maximum absolute atomic E-state index is 12.5. The molecule has 2 heterocycles. The molecule has 0 saturated heterocycles. The van der Waals surface area contributed by atoms with Gasteiger partial charge >= 0.3 is 0 Å². The Morgan fingerprint density at radius 3 is 2.87 bits per heavy atom. The molecular formula is C16H17ClN4O2. The average molecular weight is 333 g/mol. The molecular weight excluding hydrogens is 316 g/mol. The number of aryl methyl sites for hydroxylation is 1. The number of carbonyl (C=O) groups excluding carboxylic acids is 1. The van der Waals surface area contributed by atoms with Gasteiger partial charge in [-0.25, -0.2) is 9.67 Å². The molecule has 0 radical (unpaired) electrons. The van der Waals surface area contributed by atoms with E-state index in [-0.39, 0.29) is 18.0 Å². The van der Waals surface area contributed by atoms with E-state index in [2.05, 4.69) is 15.4 Å². The van der Waals surface area contributed by atoms with E-state index >= 15 is 0 Å². The van der Waals surface area contributed by atoms with Gasteiger partial charge < -0.3 is 9.73 Å². The Labute approximate surface area is 138 Å². The minimum absolute atomic E-state index is 0.0272. The van der Waals surface area contributed by atoms with E-state index in [1.165, 1.54) is 6.33 Å². The lowest BCUT2D eigenvalue weighted by molar-refractivity contribution is 0.0901. The number of halogens is 1. The highest BCUT2D eigenvalue weighted by atomic mass is 35.5. The second kappa shape index (κ2) is 6.04. The Morgan fingerprint density at radius 2 is 2.17 bits per heavy atom. The van der Waals surface area contributed by atoms with Gasteiger partial charge in [0.05, 0.1) is 6.04 Å². The number of amides is 1. The summed E-state index contributed by atoms with van der Waals surface area (Å²) in [5, 5.41) is 8.50. The van der Waals surface area contributed by atoms with Crippen molar-refractivity contribution < 1.29 is 9.21 Å². The summed E-state index contributed by atoms with van der Waals surface area (Å²) >= 11 is 6.00. The molecule has 0 spiro atoms. The maximum Gasteiger partial charge on any atom is 0.287 e. The highest BCUT2D eigenvalue weighted by Crippen LogP contribution is 2.28. The first-order valence-electron chi connectivity index (χ1n) is 7.31. The molecule has 0 saturated carbocycles. The molecule has 2 atom stereocenters. The summed E-state index contributed by atoms with van der Waals surface area (Å²) in [5.74, 6) is 0.0502. The monoisotopic (exact) mass is 332 g/mol. The Bertz CT molecular complexity index is 841. The standard InChI is InChI=1S/C16H17ClN4O2/c1-9-13-6-12(17)4-5-14(13)23-15(9)16(22)20-10(2)11(3)21-8-18-7-19-21/h4-8,10-11H,1-3H3,(H,20,22)/t10-,11-/m0/s1. The highest BCUT2D eigenvalue weighted by Gasteiger charge is 2.22. The van der Waals surface area contributed by atoms with Crippen LogP contribution in [0.1, 0.15) is 36.0 Å². The molecule has 0 bridgehead atoms. The minimum Gasteiger partial charge on any atom is -0.451 e. The number of hydrogen-bond acceptors (Lipinski definition) is 4. The van der Waals surface area contributed by atoms with Gasteiger partial charge in [-0.1, -0.05) is 11.6 Å². The SMILES string of the molecule is Cc1c(C(=O)N[C@@H](C)[C@H](C)n2cncn2)oc2ccc(Cl)cc12. The highest BCUT2D eigenvalue weighted by molar-refractivity contribution is 6.31. The van der Waals surface area contributed by atoms with E-state index in [0.29, 0.717) is 16.4 Å². The van der Waals surface area contributed by atoms with Crippen LogP contribution in [0.5, 0.6) is 0 Å². The zero-order chi connectivity index (χ0) is 16.6. The maximum atomic E-state index is 12.5. The summed E-state index contributed by atoms with van der Waals surface area (Å²) in [7, 11) is 0. The molecule has 0 aliphatic heterocycles. The second-order valence-corrected chi connectivity index (χ2v) is 6.01. The average Bonchev–Trinajstić information content (AvgIpc) is 3.15. The van der Waals surface area contributed by atoms with Crippen molar-refractivity contribution in [3.05, 3.63) is 47.2 Å². The quantitative estimate of drug-likeness (QED) is 0.795. The van der Waals surface area contributed by atoms with Gasteiger partial charge in [0.15, 0.2) is 5.76 Å². The normalized spacial score (nSPS) is 13.9. The van der Waals surface area contributed by atoms with Crippen LogP contribution in [-0.4, -0.2) is 26.7 Å². The van der Waals surface area contributed by atoms with Gasteiger partial charge in [-0.05, 0) is 39.0 Å². The molecule has 0 aliphatic carbocycles. The number of aromatic nitrogens is 3. The van der Waals surface area contributed by atoms with Crippen molar-refractivity contribution in [3.8, 4) is 0 Å². The van der Waals surface area contributed by atoms with Crippen molar-refractivity contribution in [2.75, 3.05) is 0 Å². The van der Waals surface area contributed by atoms with Gasteiger partial charge in [-0.3, -0.25) is 4.79 Å². The second-order valence-electron chi connectivity index (χ2n) is 5.57. The van der Waals surface area contributed by atoms with Crippen LogP contribution in [0.2, 0.25) is 5.02 Å². The first-order chi connectivity index (χ1) is 11.0. The number of nitrogens with one attached hydrogen (secondary N) is 1. The van der Waals surface area contributed by atoms with Crippen molar-refractivity contribution in [1.82, 2.24) is 20.1 Å². The van der Waals surface area contributed by atoms with Crippen LogP contribution >= 0.6 is 11.6 Å². The van der Waals surface area contributed by atoms with E-state index in [4.69, 9.17) is 16.0 Å². The third kappa shape index (κ3) is 2.94. The Kier molecular flexibility index (Phi) is 4.09. The summed E-state index contributed by atoms with van der Waals surface area (Å²) < 4.78 is 7.39. The molecule has 0 aliphatic rings. The lowest BCUT2D eigenvalue weighted by Crippen LogP contribution is -2.38. The lowest BCUT2D eigenvalue weighted by atomic mass is 10.1. The molecule has 0 unspecified atom stereocenters. The Balaban J connectivity index is 1.82. The summed E-state index contributed by atoms with van der Waals surface area (Å²) in [6.45, 7) is 5.73.